The Labute approximate surface area is 138 Å². The molecule has 1 aliphatic carbocycles. The van der Waals surface area contributed by atoms with Gasteiger partial charge in [-0.1, -0.05) is 0 Å². The van der Waals surface area contributed by atoms with Crippen LogP contribution in [0.4, 0.5) is 13.2 Å². The van der Waals surface area contributed by atoms with Crippen molar-refractivity contribution >= 4 is 0 Å². The number of hydrogen-bond donors (Lipinski definition) is 1. The molecule has 3 aromatic rings. The van der Waals surface area contributed by atoms with Gasteiger partial charge in [-0.2, -0.15) is 28.7 Å². The molecule has 3 heterocycles. The lowest BCUT2D eigenvalue weighted by Gasteiger charge is -2.05. The van der Waals surface area contributed by atoms with Gasteiger partial charge in [-0.25, -0.2) is 4.98 Å². The van der Waals surface area contributed by atoms with Gasteiger partial charge in [0.1, 0.15) is 23.2 Å². The molecule has 1 saturated carbocycles. The number of alkyl halides is 3. The summed E-state index contributed by atoms with van der Waals surface area (Å²) in [4.78, 5) is 8.09. The Morgan fingerprint density at radius 2 is 2.00 bits per heavy atom. The Kier molecular flexibility index (Phi) is 3.31. The highest BCUT2D eigenvalue weighted by Crippen LogP contribution is 2.45. The van der Waals surface area contributed by atoms with E-state index < -0.39 is 11.7 Å². The van der Waals surface area contributed by atoms with Crippen molar-refractivity contribution < 1.29 is 17.6 Å². The van der Waals surface area contributed by atoms with Gasteiger partial charge in [-0.05, 0) is 25.0 Å². The summed E-state index contributed by atoms with van der Waals surface area (Å²) in [5.41, 5.74) is 0.00908. The molecule has 4 rings (SSSR count). The van der Waals surface area contributed by atoms with Crippen LogP contribution in [-0.4, -0.2) is 25.4 Å². The van der Waals surface area contributed by atoms with Crippen molar-refractivity contribution in [1.29, 1.82) is 5.26 Å². The third-order valence-electron chi connectivity index (χ3n) is 3.79. The molecule has 1 N–H and O–H groups in total. The van der Waals surface area contributed by atoms with Gasteiger partial charge in [-0.3, -0.25) is 4.98 Å². The number of nitriles is 1. The summed E-state index contributed by atoms with van der Waals surface area (Å²) in [6, 6.07) is 4.02. The third-order valence-corrected chi connectivity index (χ3v) is 3.79. The minimum atomic E-state index is -4.46. The molecule has 10 heteroatoms. The number of pyridine rings is 1. The molecule has 7 nitrogen and oxygen atoms in total. The molecule has 1 aliphatic rings. The Morgan fingerprint density at radius 1 is 1.20 bits per heavy atom. The standard InChI is InChI=1S/C15H9F3N6O/c16-15(17,18)8-3-4-9(20-6-8)14-21-12(13(25-14)7-1-2-7)11-10(5-19)22-24-23-11/h3-4,6-7H,1-2H2,(H,22,23,24). The first-order chi connectivity index (χ1) is 12.0. The van der Waals surface area contributed by atoms with Gasteiger partial charge in [0.25, 0.3) is 0 Å². The minimum Gasteiger partial charge on any atom is -0.439 e. The largest absolute Gasteiger partial charge is 0.439 e. The summed E-state index contributed by atoms with van der Waals surface area (Å²) >= 11 is 0. The van der Waals surface area contributed by atoms with Crippen molar-refractivity contribution in [3.63, 3.8) is 0 Å². The lowest BCUT2D eigenvalue weighted by Crippen LogP contribution is -2.05. The van der Waals surface area contributed by atoms with Gasteiger partial charge >= 0.3 is 6.18 Å². The highest BCUT2D eigenvalue weighted by atomic mass is 19.4. The van der Waals surface area contributed by atoms with E-state index in [4.69, 9.17) is 9.68 Å². The Morgan fingerprint density at radius 3 is 2.60 bits per heavy atom. The predicted octanol–water partition coefficient (Wildman–Crippen LogP) is 3.29. The van der Waals surface area contributed by atoms with Gasteiger partial charge < -0.3 is 4.42 Å². The van der Waals surface area contributed by atoms with E-state index in [1.54, 1.807) is 0 Å². The summed E-state index contributed by atoms with van der Waals surface area (Å²) in [6.07, 6.45) is -1.93. The van der Waals surface area contributed by atoms with Crippen LogP contribution < -0.4 is 0 Å². The van der Waals surface area contributed by atoms with Gasteiger partial charge in [-0.15, -0.1) is 5.10 Å². The summed E-state index contributed by atoms with van der Waals surface area (Å²) < 4.78 is 43.7. The molecule has 0 aliphatic heterocycles. The highest BCUT2D eigenvalue weighted by Gasteiger charge is 2.35. The first kappa shape index (κ1) is 15.3. The van der Waals surface area contributed by atoms with Crippen molar-refractivity contribution in [3.05, 3.63) is 35.3 Å². The summed E-state index contributed by atoms with van der Waals surface area (Å²) in [7, 11) is 0. The van der Waals surface area contributed by atoms with Gasteiger partial charge in [0.2, 0.25) is 5.89 Å². The van der Waals surface area contributed by atoms with E-state index >= 15 is 0 Å². The van der Waals surface area contributed by atoms with Crippen LogP contribution in [0.5, 0.6) is 0 Å². The van der Waals surface area contributed by atoms with E-state index in [0.717, 1.165) is 25.1 Å². The number of oxazole rings is 1. The van der Waals surface area contributed by atoms with Crippen LogP contribution in [0, 0.1) is 11.3 Å². The fourth-order valence-electron chi connectivity index (χ4n) is 2.40. The maximum atomic E-state index is 12.6. The summed E-state index contributed by atoms with van der Waals surface area (Å²) in [5.74, 6) is 0.772. The lowest BCUT2D eigenvalue weighted by atomic mass is 10.2. The quantitative estimate of drug-likeness (QED) is 0.780. The van der Waals surface area contributed by atoms with Crippen molar-refractivity contribution in [2.75, 3.05) is 0 Å². The van der Waals surface area contributed by atoms with E-state index in [1.165, 1.54) is 6.07 Å². The topological polar surface area (TPSA) is 104 Å². The number of nitrogens with one attached hydrogen (secondary N) is 1. The van der Waals surface area contributed by atoms with Crippen LogP contribution in [0.1, 0.15) is 35.8 Å². The van der Waals surface area contributed by atoms with Crippen molar-refractivity contribution in [2.24, 2.45) is 0 Å². The first-order valence-corrected chi connectivity index (χ1v) is 7.33. The van der Waals surface area contributed by atoms with Crippen LogP contribution in [0.25, 0.3) is 23.0 Å². The maximum absolute atomic E-state index is 12.6. The number of rotatable bonds is 3. The average molecular weight is 346 g/mol. The first-order valence-electron chi connectivity index (χ1n) is 7.33. The molecule has 3 aromatic heterocycles. The normalized spacial score (nSPS) is 14.5. The molecule has 126 valence electrons. The number of aromatic amines is 1. The third kappa shape index (κ3) is 2.73. The van der Waals surface area contributed by atoms with Gasteiger partial charge in [0, 0.05) is 12.1 Å². The van der Waals surface area contributed by atoms with E-state index in [0.29, 0.717) is 11.5 Å². The maximum Gasteiger partial charge on any atom is 0.417 e. The second-order valence-electron chi connectivity index (χ2n) is 5.57. The van der Waals surface area contributed by atoms with Crippen LogP contribution in [0.3, 0.4) is 0 Å². The Hall–Kier alpha value is -3.22. The zero-order chi connectivity index (χ0) is 17.6. The zero-order valence-corrected chi connectivity index (χ0v) is 12.5. The molecule has 0 bridgehead atoms. The minimum absolute atomic E-state index is 0.0714. The van der Waals surface area contributed by atoms with E-state index in [2.05, 4.69) is 25.4 Å². The molecule has 0 saturated heterocycles. The fraction of sp³-hybridized carbons (Fsp3) is 0.267. The second-order valence-corrected chi connectivity index (χ2v) is 5.57. The Balaban J connectivity index is 1.77. The van der Waals surface area contributed by atoms with E-state index in [1.807, 2.05) is 6.07 Å². The number of halogens is 3. The van der Waals surface area contributed by atoms with E-state index in [9.17, 15) is 13.2 Å². The van der Waals surface area contributed by atoms with Crippen molar-refractivity contribution in [2.45, 2.75) is 24.9 Å². The number of aromatic nitrogens is 5. The van der Waals surface area contributed by atoms with Crippen molar-refractivity contribution in [3.8, 4) is 29.0 Å². The second kappa shape index (κ2) is 5.41. The molecule has 0 atom stereocenters. The van der Waals surface area contributed by atoms with Crippen molar-refractivity contribution in [1.82, 2.24) is 25.4 Å². The van der Waals surface area contributed by atoms with Crippen LogP contribution in [-0.2, 0) is 6.18 Å². The molecule has 0 radical (unpaired) electrons. The highest BCUT2D eigenvalue weighted by molar-refractivity contribution is 5.66. The monoisotopic (exact) mass is 346 g/mol. The molecule has 25 heavy (non-hydrogen) atoms. The average Bonchev–Trinajstić information content (AvgIpc) is 3.17. The van der Waals surface area contributed by atoms with Crippen LogP contribution in [0.15, 0.2) is 22.7 Å². The summed E-state index contributed by atoms with van der Waals surface area (Å²) in [5, 5.41) is 19.1. The molecule has 0 aromatic carbocycles. The zero-order valence-electron chi connectivity index (χ0n) is 12.5. The predicted molar refractivity (Wildman–Crippen MR) is 76.8 cm³/mol. The molecule has 0 spiro atoms. The smallest absolute Gasteiger partial charge is 0.417 e. The van der Waals surface area contributed by atoms with Crippen LogP contribution >= 0.6 is 0 Å². The number of H-pyrrole nitrogens is 1. The molecular weight excluding hydrogens is 337 g/mol. The molecular formula is C15H9F3N6O. The van der Waals surface area contributed by atoms with Crippen LogP contribution in [0.2, 0.25) is 0 Å². The Bertz CT molecular complexity index is 963. The van der Waals surface area contributed by atoms with Gasteiger partial charge in [0.05, 0.1) is 5.56 Å². The fourth-order valence-corrected chi connectivity index (χ4v) is 2.40. The molecule has 0 amide bonds. The number of hydrogen-bond acceptors (Lipinski definition) is 6. The SMILES string of the molecule is N#Cc1n[nH]nc1-c1nc(-c2ccc(C(F)(F)F)cn2)oc1C1CC1. The number of nitrogens with zero attached hydrogens (tertiary/aromatic N) is 5. The van der Waals surface area contributed by atoms with E-state index in [-0.39, 0.29) is 28.9 Å². The summed E-state index contributed by atoms with van der Waals surface area (Å²) in [6.45, 7) is 0. The van der Waals surface area contributed by atoms with Gasteiger partial charge in [0.15, 0.2) is 11.4 Å². The molecule has 1 fully saturated rings. The lowest BCUT2D eigenvalue weighted by molar-refractivity contribution is -0.137. The molecule has 0 unspecified atom stereocenters.